The number of carbonyl (C=O) groups is 1. The minimum atomic E-state index is 0.461. The van der Waals surface area contributed by atoms with Crippen molar-refractivity contribution in [2.75, 3.05) is 0 Å². The number of benzene rings is 1. The lowest BCUT2D eigenvalue weighted by Crippen LogP contribution is -1.79. The van der Waals surface area contributed by atoms with Crippen molar-refractivity contribution in [3.8, 4) is 17.2 Å². The summed E-state index contributed by atoms with van der Waals surface area (Å²) in [6.45, 7) is 0. The second kappa shape index (κ2) is 4.73. The molecule has 0 N–H and O–H groups in total. The lowest BCUT2D eigenvalue weighted by atomic mass is 10.1. The molecule has 2 rings (SSSR count). The van der Waals surface area contributed by atoms with E-state index in [2.05, 4.69) is 6.07 Å². The van der Waals surface area contributed by atoms with E-state index in [1.807, 2.05) is 29.6 Å². The molecule has 0 spiro atoms. The Hall–Kier alpha value is -1.92. The summed E-state index contributed by atoms with van der Waals surface area (Å²) in [5.74, 6) is 0. The molecule has 0 aliphatic carbocycles. The molecule has 0 aliphatic rings. The smallest absolute Gasteiger partial charge is 0.125 e. The quantitative estimate of drug-likeness (QED) is 0.756. The van der Waals surface area contributed by atoms with Crippen molar-refractivity contribution in [2.24, 2.45) is 0 Å². The molecule has 0 radical (unpaired) electrons. The Balaban J connectivity index is 2.35. The lowest BCUT2D eigenvalue weighted by molar-refractivity contribution is -0.107. The minimum Gasteiger partial charge on any atom is -0.303 e. The summed E-state index contributed by atoms with van der Waals surface area (Å²) >= 11 is 1.57. The van der Waals surface area contributed by atoms with Gasteiger partial charge in [-0.3, -0.25) is 0 Å². The lowest BCUT2D eigenvalue weighted by Gasteiger charge is -1.97. The van der Waals surface area contributed by atoms with Gasteiger partial charge in [0.15, 0.2) is 0 Å². The van der Waals surface area contributed by atoms with E-state index >= 15 is 0 Å². The first-order chi connectivity index (χ1) is 7.83. The monoisotopic (exact) mass is 227 g/mol. The fourth-order valence-corrected chi connectivity index (χ4v) is 2.33. The maximum absolute atomic E-state index is 10.4. The Labute approximate surface area is 97.8 Å². The third-order valence-corrected chi connectivity index (χ3v) is 3.22. The molecule has 78 valence electrons. The SMILES string of the molecule is N#Cc1cccc(-c2csc(CC=O)c2)c1. The number of nitriles is 1. The molecular weight excluding hydrogens is 218 g/mol. The van der Waals surface area contributed by atoms with E-state index < -0.39 is 0 Å². The van der Waals surface area contributed by atoms with E-state index in [0.29, 0.717) is 12.0 Å². The van der Waals surface area contributed by atoms with Crippen molar-refractivity contribution in [3.05, 3.63) is 46.2 Å². The molecule has 2 aromatic rings. The van der Waals surface area contributed by atoms with Crippen LogP contribution in [-0.2, 0) is 11.2 Å². The molecule has 0 aliphatic heterocycles. The minimum absolute atomic E-state index is 0.461. The van der Waals surface area contributed by atoms with Crippen molar-refractivity contribution < 1.29 is 4.79 Å². The molecule has 1 aromatic carbocycles. The molecule has 0 bridgehead atoms. The molecule has 0 amide bonds. The molecule has 0 fully saturated rings. The topological polar surface area (TPSA) is 40.9 Å². The largest absolute Gasteiger partial charge is 0.303 e. The number of nitrogens with zero attached hydrogens (tertiary/aromatic N) is 1. The van der Waals surface area contributed by atoms with Crippen LogP contribution in [0.2, 0.25) is 0 Å². The molecule has 3 heteroatoms. The molecule has 1 heterocycles. The molecule has 16 heavy (non-hydrogen) atoms. The zero-order chi connectivity index (χ0) is 11.4. The first kappa shape index (κ1) is 10.6. The van der Waals surface area contributed by atoms with Gasteiger partial charge in [0.1, 0.15) is 6.29 Å². The van der Waals surface area contributed by atoms with Crippen molar-refractivity contribution >= 4 is 17.6 Å². The van der Waals surface area contributed by atoms with E-state index in [-0.39, 0.29) is 0 Å². The first-order valence-corrected chi connectivity index (χ1v) is 5.73. The number of carbonyl (C=O) groups excluding carboxylic acids is 1. The predicted octanol–water partition coefficient (Wildman–Crippen LogP) is 3.03. The van der Waals surface area contributed by atoms with Gasteiger partial charge in [0, 0.05) is 11.3 Å². The second-order valence-corrected chi connectivity index (χ2v) is 4.36. The van der Waals surface area contributed by atoms with Gasteiger partial charge in [-0.15, -0.1) is 11.3 Å². The number of aldehydes is 1. The molecule has 0 saturated carbocycles. The Morgan fingerprint density at radius 2 is 2.19 bits per heavy atom. The third kappa shape index (κ3) is 2.18. The maximum atomic E-state index is 10.4. The van der Waals surface area contributed by atoms with Gasteiger partial charge in [-0.25, -0.2) is 0 Å². The van der Waals surface area contributed by atoms with E-state index in [0.717, 1.165) is 22.3 Å². The summed E-state index contributed by atoms with van der Waals surface area (Å²) in [5, 5.41) is 10.8. The van der Waals surface area contributed by atoms with Crippen molar-refractivity contribution in [1.29, 1.82) is 5.26 Å². The number of thiophene rings is 1. The van der Waals surface area contributed by atoms with Crippen LogP contribution in [0.15, 0.2) is 35.7 Å². The summed E-state index contributed by atoms with van der Waals surface area (Å²) in [6.07, 6.45) is 1.37. The Morgan fingerprint density at radius 1 is 1.31 bits per heavy atom. The molecule has 0 unspecified atom stereocenters. The standard InChI is InChI=1S/C13H9NOS/c14-8-10-2-1-3-11(6-10)12-7-13(4-5-15)16-9-12/h1-3,5-7,9H,4H2. The maximum Gasteiger partial charge on any atom is 0.125 e. The fraction of sp³-hybridized carbons (Fsp3) is 0.0769. The fourth-order valence-electron chi connectivity index (χ4n) is 1.49. The van der Waals surface area contributed by atoms with Crippen molar-refractivity contribution in [1.82, 2.24) is 0 Å². The van der Waals surface area contributed by atoms with Crippen LogP contribution < -0.4 is 0 Å². The van der Waals surface area contributed by atoms with Crippen LogP contribution in [0, 0.1) is 11.3 Å². The van der Waals surface area contributed by atoms with E-state index in [1.54, 1.807) is 17.4 Å². The van der Waals surface area contributed by atoms with Gasteiger partial charge in [0.25, 0.3) is 0 Å². The zero-order valence-electron chi connectivity index (χ0n) is 8.51. The van der Waals surface area contributed by atoms with Crippen LogP contribution in [0.3, 0.4) is 0 Å². The van der Waals surface area contributed by atoms with Gasteiger partial charge in [-0.2, -0.15) is 5.26 Å². The van der Waals surface area contributed by atoms with Crippen LogP contribution in [0.5, 0.6) is 0 Å². The van der Waals surface area contributed by atoms with Gasteiger partial charge in [-0.1, -0.05) is 12.1 Å². The van der Waals surface area contributed by atoms with Crippen molar-refractivity contribution in [2.45, 2.75) is 6.42 Å². The number of rotatable bonds is 3. The summed E-state index contributed by atoms with van der Waals surface area (Å²) in [7, 11) is 0. The van der Waals surface area contributed by atoms with Crippen LogP contribution in [0.1, 0.15) is 10.4 Å². The highest BCUT2D eigenvalue weighted by Gasteiger charge is 2.02. The summed E-state index contributed by atoms with van der Waals surface area (Å²) < 4.78 is 0. The Morgan fingerprint density at radius 3 is 2.94 bits per heavy atom. The number of hydrogen-bond donors (Lipinski definition) is 0. The molecule has 0 atom stereocenters. The van der Waals surface area contributed by atoms with Gasteiger partial charge < -0.3 is 4.79 Å². The highest BCUT2D eigenvalue weighted by Crippen LogP contribution is 2.26. The average Bonchev–Trinajstić information content (AvgIpc) is 2.78. The van der Waals surface area contributed by atoms with Crippen LogP contribution >= 0.6 is 11.3 Å². The molecular formula is C13H9NOS. The van der Waals surface area contributed by atoms with Gasteiger partial charge >= 0.3 is 0 Å². The average molecular weight is 227 g/mol. The summed E-state index contributed by atoms with van der Waals surface area (Å²) in [6, 6.07) is 11.6. The van der Waals surface area contributed by atoms with E-state index in [1.165, 1.54) is 0 Å². The van der Waals surface area contributed by atoms with E-state index in [9.17, 15) is 4.79 Å². The zero-order valence-corrected chi connectivity index (χ0v) is 9.33. The normalized spacial score (nSPS) is 9.69. The van der Waals surface area contributed by atoms with Gasteiger partial charge in [0.2, 0.25) is 0 Å². The van der Waals surface area contributed by atoms with Crippen LogP contribution in [-0.4, -0.2) is 6.29 Å². The summed E-state index contributed by atoms with van der Waals surface area (Å²) in [4.78, 5) is 11.4. The Kier molecular flexibility index (Phi) is 3.13. The van der Waals surface area contributed by atoms with Crippen LogP contribution in [0.25, 0.3) is 11.1 Å². The molecule has 0 saturated heterocycles. The van der Waals surface area contributed by atoms with Crippen LogP contribution in [0.4, 0.5) is 0 Å². The predicted molar refractivity (Wildman–Crippen MR) is 64.2 cm³/mol. The first-order valence-electron chi connectivity index (χ1n) is 4.85. The number of hydrogen-bond acceptors (Lipinski definition) is 3. The summed E-state index contributed by atoms with van der Waals surface area (Å²) in [5.41, 5.74) is 2.74. The second-order valence-electron chi connectivity index (χ2n) is 3.37. The van der Waals surface area contributed by atoms with Gasteiger partial charge in [0.05, 0.1) is 11.6 Å². The van der Waals surface area contributed by atoms with E-state index in [4.69, 9.17) is 5.26 Å². The van der Waals surface area contributed by atoms with Gasteiger partial charge in [-0.05, 0) is 34.7 Å². The molecule has 1 aromatic heterocycles. The highest BCUT2D eigenvalue weighted by atomic mass is 32.1. The Bertz CT molecular complexity index is 551. The third-order valence-electron chi connectivity index (χ3n) is 2.26. The molecule has 2 nitrogen and oxygen atoms in total. The van der Waals surface area contributed by atoms with Crippen molar-refractivity contribution in [3.63, 3.8) is 0 Å². The highest BCUT2D eigenvalue weighted by molar-refractivity contribution is 7.10.